The Bertz CT molecular complexity index is 790. The first kappa shape index (κ1) is 13.2. The molecule has 1 aromatic carbocycles. The van der Waals surface area contributed by atoms with Crippen LogP contribution >= 0.6 is 11.6 Å². The van der Waals surface area contributed by atoms with Crippen LogP contribution in [0.5, 0.6) is 0 Å². The Hall–Kier alpha value is -1.84. The topological polar surface area (TPSA) is 43.3 Å². The fourth-order valence-corrected chi connectivity index (χ4v) is 2.58. The lowest BCUT2D eigenvalue weighted by Gasteiger charge is -2.03. The second-order valence-electron chi connectivity index (χ2n) is 4.94. The van der Waals surface area contributed by atoms with Gasteiger partial charge >= 0.3 is 0 Å². The van der Waals surface area contributed by atoms with Crippen LogP contribution in [-0.2, 0) is 6.54 Å². The largest absolute Gasteiger partial charge is 0.326 e. The van der Waals surface area contributed by atoms with E-state index >= 15 is 0 Å². The number of nitrogens with two attached hydrogens (primary N) is 1. The molecule has 0 spiro atoms. The van der Waals surface area contributed by atoms with Crippen molar-refractivity contribution in [3.05, 3.63) is 58.4 Å². The number of imidazole rings is 1. The summed E-state index contributed by atoms with van der Waals surface area (Å²) in [6, 6.07) is 10.0. The zero-order valence-corrected chi connectivity index (χ0v) is 12.3. The predicted molar refractivity (Wildman–Crippen MR) is 83.0 cm³/mol. The van der Waals surface area contributed by atoms with Crippen LogP contribution < -0.4 is 5.73 Å². The molecule has 3 rings (SSSR count). The van der Waals surface area contributed by atoms with Crippen LogP contribution in [0.25, 0.3) is 16.9 Å². The van der Waals surface area contributed by atoms with Crippen LogP contribution in [0.4, 0.5) is 0 Å². The second kappa shape index (κ2) is 4.93. The smallest absolute Gasteiger partial charge is 0.142 e. The summed E-state index contributed by atoms with van der Waals surface area (Å²) in [4.78, 5) is 4.76. The van der Waals surface area contributed by atoms with Crippen LogP contribution in [0.15, 0.2) is 36.5 Å². The van der Waals surface area contributed by atoms with Crippen molar-refractivity contribution in [1.82, 2.24) is 9.38 Å². The lowest BCUT2D eigenvalue weighted by molar-refractivity contribution is 1.03. The van der Waals surface area contributed by atoms with Gasteiger partial charge in [-0.2, -0.15) is 0 Å². The molecule has 0 bridgehead atoms. The first-order valence-corrected chi connectivity index (χ1v) is 6.92. The minimum atomic E-state index is 0.486. The van der Waals surface area contributed by atoms with E-state index in [1.54, 1.807) is 0 Å². The maximum Gasteiger partial charge on any atom is 0.142 e. The maximum atomic E-state index is 6.09. The molecule has 2 N–H and O–H groups in total. The van der Waals surface area contributed by atoms with Gasteiger partial charge in [0.25, 0.3) is 0 Å². The van der Waals surface area contributed by atoms with E-state index in [0.717, 1.165) is 38.7 Å². The molecule has 0 unspecified atom stereocenters. The van der Waals surface area contributed by atoms with Gasteiger partial charge in [0.2, 0.25) is 0 Å². The number of hydrogen-bond donors (Lipinski definition) is 1. The molecule has 20 heavy (non-hydrogen) atoms. The lowest BCUT2D eigenvalue weighted by atomic mass is 10.1. The van der Waals surface area contributed by atoms with Gasteiger partial charge in [0.1, 0.15) is 5.65 Å². The standard InChI is InChI=1S/C16H16ClN3/c1-10-8-12(5-6-14(10)17)15-11(2)20-7-3-4-13(9-18)16(20)19-15/h3-8H,9,18H2,1-2H3. The summed E-state index contributed by atoms with van der Waals surface area (Å²) >= 11 is 6.09. The molecule has 4 heteroatoms. The van der Waals surface area contributed by atoms with Gasteiger partial charge in [0, 0.05) is 34.6 Å². The summed E-state index contributed by atoms with van der Waals surface area (Å²) < 4.78 is 2.08. The lowest BCUT2D eigenvalue weighted by Crippen LogP contribution is -1.99. The van der Waals surface area contributed by atoms with Crippen molar-refractivity contribution < 1.29 is 0 Å². The molecule has 102 valence electrons. The third-order valence-electron chi connectivity index (χ3n) is 3.62. The molecule has 0 radical (unpaired) electrons. The number of fused-ring (bicyclic) bond motifs is 1. The van der Waals surface area contributed by atoms with Crippen molar-refractivity contribution in [3.8, 4) is 11.3 Å². The Morgan fingerprint density at radius 1 is 1.25 bits per heavy atom. The summed E-state index contributed by atoms with van der Waals surface area (Å²) in [5.41, 5.74) is 12.0. The van der Waals surface area contributed by atoms with Crippen molar-refractivity contribution in [1.29, 1.82) is 0 Å². The van der Waals surface area contributed by atoms with Crippen molar-refractivity contribution >= 4 is 17.2 Å². The summed E-state index contributed by atoms with van der Waals surface area (Å²) in [5.74, 6) is 0. The van der Waals surface area contributed by atoms with E-state index < -0.39 is 0 Å². The molecule has 0 amide bonds. The maximum absolute atomic E-state index is 6.09. The molecule has 0 fully saturated rings. The third-order valence-corrected chi connectivity index (χ3v) is 4.05. The Kier molecular flexibility index (Phi) is 3.24. The number of halogens is 1. The van der Waals surface area contributed by atoms with Crippen molar-refractivity contribution in [2.45, 2.75) is 20.4 Å². The molecule has 0 atom stereocenters. The van der Waals surface area contributed by atoms with Crippen LogP contribution in [0.1, 0.15) is 16.8 Å². The molecular weight excluding hydrogens is 270 g/mol. The Labute approximate surface area is 123 Å². The Morgan fingerprint density at radius 2 is 2.05 bits per heavy atom. The van der Waals surface area contributed by atoms with E-state index in [1.807, 2.05) is 37.4 Å². The molecule has 2 aromatic heterocycles. The predicted octanol–water partition coefficient (Wildman–Crippen LogP) is 3.73. The fraction of sp³-hybridized carbons (Fsp3) is 0.188. The quantitative estimate of drug-likeness (QED) is 0.779. The second-order valence-corrected chi connectivity index (χ2v) is 5.35. The minimum absolute atomic E-state index is 0.486. The average Bonchev–Trinajstić information content (AvgIpc) is 2.79. The van der Waals surface area contributed by atoms with E-state index in [9.17, 15) is 0 Å². The van der Waals surface area contributed by atoms with Crippen molar-refractivity contribution in [2.75, 3.05) is 0 Å². The van der Waals surface area contributed by atoms with Gasteiger partial charge in [-0.3, -0.25) is 0 Å². The highest BCUT2D eigenvalue weighted by molar-refractivity contribution is 6.31. The van der Waals surface area contributed by atoms with Crippen molar-refractivity contribution in [2.24, 2.45) is 5.73 Å². The third kappa shape index (κ3) is 1.99. The number of pyridine rings is 1. The van der Waals surface area contributed by atoms with E-state index in [0.29, 0.717) is 6.54 Å². The highest BCUT2D eigenvalue weighted by Crippen LogP contribution is 2.28. The highest BCUT2D eigenvalue weighted by atomic mass is 35.5. The van der Waals surface area contributed by atoms with Gasteiger partial charge in [-0.05, 0) is 37.6 Å². The first-order valence-electron chi connectivity index (χ1n) is 6.55. The van der Waals surface area contributed by atoms with Crippen LogP contribution in [0.3, 0.4) is 0 Å². The van der Waals surface area contributed by atoms with Gasteiger partial charge < -0.3 is 10.1 Å². The number of hydrogen-bond acceptors (Lipinski definition) is 2. The molecule has 0 aliphatic rings. The summed E-state index contributed by atoms with van der Waals surface area (Å²) in [5, 5.41) is 0.776. The van der Waals surface area contributed by atoms with E-state index in [1.165, 1.54) is 0 Å². The van der Waals surface area contributed by atoms with Gasteiger partial charge in [-0.1, -0.05) is 23.7 Å². The van der Waals surface area contributed by atoms with E-state index in [2.05, 4.69) is 17.4 Å². The average molecular weight is 286 g/mol. The van der Waals surface area contributed by atoms with E-state index in [4.69, 9.17) is 22.3 Å². The number of aromatic nitrogens is 2. The fourth-order valence-electron chi connectivity index (χ4n) is 2.47. The van der Waals surface area contributed by atoms with Crippen molar-refractivity contribution in [3.63, 3.8) is 0 Å². The van der Waals surface area contributed by atoms with Gasteiger partial charge in [0.15, 0.2) is 0 Å². The number of benzene rings is 1. The molecule has 0 aliphatic carbocycles. The van der Waals surface area contributed by atoms with E-state index in [-0.39, 0.29) is 0 Å². The SMILES string of the molecule is Cc1cc(-c2nc3c(CN)cccn3c2C)ccc1Cl. The minimum Gasteiger partial charge on any atom is -0.326 e. The Balaban J connectivity index is 2.26. The van der Waals surface area contributed by atoms with Crippen LogP contribution in [0, 0.1) is 13.8 Å². The molecular formula is C16H16ClN3. The summed E-state index contributed by atoms with van der Waals surface area (Å²) in [6.45, 7) is 4.56. The van der Waals surface area contributed by atoms with Crippen LogP contribution in [-0.4, -0.2) is 9.38 Å². The number of aryl methyl sites for hydroxylation is 2. The van der Waals surface area contributed by atoms with Crippen LogP contribution in [0.2, 0.25) is 5.02 Å². The molecule has 3 aromatic rings. The number of rotatable bonds is 2. The number of nitrogens with zero attached hydrogens (tertiary/aromatic N) is 2. The molecule has 0 saturated carbocycles. The molecule has 3 nitrogen and oxygen atoms in total. The van der Waals surface area contributed by atoms with Gasteiger partial charge in [0.05, 0.1) is 5.69 Å². The summed E-state index contributed by atoms with van der Waals surface area (Å²) in [7, 11) is 0. The normalized spacial score (nSPS) is 11.2. The van der Waals surface area contributed by atoms with Gasteiger partial charge in [-0.15, -0.1) is 0 Å². The monoisotopic (exact) mass is 285 g/mol. The molecule has 0 aliphatic heterocycles. The first-order chi connectivity index (χ1) is 9.61. The highest BCUT2D eigenvalue weighted by Gasteiger charge is 2.13. The zero-order valence-electron chi connectivity index (χ0n) is 11.5. The Morgan fingerprint density at radius 3 is 2.75 bits per heavy atom. The zero-order chi connectivity index (χ0) is 14.3. The molecule has 0 saturated heterocycles. The van der Waals surface area contributed by atoms with Gasteiger partial charge in [-0.25, -0.2) is 4.98 Å². The molecule has 2 heterocycles. The summed E-state index contributed by atoms with van der Waals surface area (Å²) in [6.07, 6.45) is 2.02.